The fraction of sp³-hybridized carbons (Fsp3) is 0.533. The van der Waals surface area contributed by atoms with Crippen molar-refractivity contribution in [1.29, 1.82) is 0 Å². The van der Waals surface area contributed by atoms with E-state index in [0.29, 0.717) is 17.4 Å². The van der Waals surface area contributed by atoms with Crippen LogP contribution in [0, 0.1) is 5.92 Å². The van der Waals surface area contributed by atoms with Gasteiger partial charge in [0.25, 0.3) is 0 Å². The minimum absolute atomic E-state index is 0.358. The van der Waals surface area contributed by atoms with Crippen LogP contribution < -0.4 is 11.5 Å². The van der Waals surface area contributed by atoms with Crippen molar-refractivity contribution in [3.8, 4) is 11.4 Å². The molecule has 2 aromatic rings. The molecule has 112 valence electrons. The van der Waals surface area contributed by atoms with Gasteiger partial charge in [0.1, 0.15) is 0 Å². The lowest BCUT2D eigenvalue weighted by atomic mass is 10.0. The van der Waals surface area contributed by atoms with Crippen molar-refractivity contribution in [2.45, 2.75) is 45.1 Å². The normalized spacial score (nSPS) is 22.9. The molecule has 6 nitrogen and oxygen atoms in total. The number of nitrogens with zero attached hydrogens (tertiary/aromatic N) is 4. The van der Waals surface area contributed by atoms with E-state index < -0.39 is 0 Å². The summed E-state index contributed by atoms with van der Waals surface area (Å²) < 4.78 is 1.94. The fourth-order valence-corrected chi connectivity index (χ4v) is 3.11. The molecule has 0 saturated heterocycles. The van der Waals surface area contributed by atoms with E-state index in [1.54, 1.807) is 6.07 Å². The lowest BCUT2D eigenvalue weighted by molar-refractivity contribution is 0.394. The smallest absolute Gasteiger partial charge is 0.184 e. The Balaban J connectivity index is 1.93. The molecule has 21 heavy (non-hydrogen) atoms. The number of tetrazole rings is 1. The highest BCUT2D eigenvalue weighted by Crippen LogP contribution is 2.33. The summed E-state index contributed by atoms with van der Waals surface area (Å²) in [5.41, 5.74) is 14.0. The maximum atomic E-state index is 6.08. The first-order chi connectivity index (χ1) is 10.1. The first-order valence-corrected chi connectivity index (χ1v) is 7.58. The topological polar surface area (TPSA) is 95.6 Å². The van der Waals surface area contributed by atoms with Crippen LogP contribution >= 0.6 is 0 Å². The molecule has 1 aromatic heterocycles. The van der Waals surface area contributed by atoms with Gasteiger partial charge in [0.2, 0.25) is 0 Å². The summed E-state index contributed by atoms with van der Waals surface area (Å²) in [7, 11) is 0. The number of anilines is 2. The van der Waals surface area contributed by atoms with Crippen molar-refractivity contribution in [3.63, 3.8) is 0 Å². The van der Waals surface area contributed by atoms with E-state index in [0.717, 1.165) is 30.1 Å². The average Bonchev–Trinajstić information content (AvgIpc) is 2.82. The monoisotopic (exact) mass is 286 g/mol. The third kappa shape index (κ3) is 2.84. The van der Waals surface area contributed by atoms with Gasteiger partial charge in [0, 0.05) is 16.9 Å². The molecular formula is C15H22N6. The second-order valence-corrected chi connectivity index (χ2v) is 6.06. The maximum Gasteiger partial charge on any atom is 0.184 e. The van der Waals surface area contributed by atoms with Crippen LogP contribution in [0.2, 0.25) is 0 Å². The van der Waals surface area contributed by atoms with Crippen LogP contribution in [0.3, 0.4) is 0 Å². The van der Waals surface area contributed by atoms with Gasteiger partial charge in [0.05, 0.1) is 6.04 Å². The van der Waals surface area contributed by atoms with Crippen molar-refractivity contribution in [1.82, 2.24) is 20.2 Å². The van der Waals surface area contributed by atoms with Gasteiger partial charge < -0.3 is 11.5 Å². The minimum atomic E-state index is 0.358. The molecule has 2 unspecified atom stereocenters. The summed E-state index contributed by atoms with van der Waals surface area (Å²) in [4.78, 5) is 0. The Morgan fingerprint density at radius 1 is 1.14 bits per heavy atom. The van der Waals surface area contributed by atoms with Gasteiger partial charge in [-0.1, -0.05) is 19.8 Å². The standard InChI is InChI=1S/C15H22N6/c1-10-3-2-4-12(7-5-10)21-15(18-19-20-21)13-8-6-11(16)9-14(13)17/h6,8-10,12H,2-5,7,16-17H2,1H3. The number of rotatable bonds is 2. The molecule has 1 saturated carbocycles. The molecule has 1 fully saturated rings. The van der Waals surface area contributed by atoms with Crippen LogP contribution in [-0.4, -0.2) is 20.2 Å². The van der Waals surface area contributed by atoms with Crippen molar-refractivity contribution < 1.29 is 0 Å². The SMILES string of the molecule is CC1CCCC(n2nnnc2-c2ccc(N)cc2N)CC1. The molecular weight excluding hydrogens is 264 g/mol. The minimum Gasteiger partial charge on any atom is -0.399 e. The summed E-state index contributed by atoms with van der Waals surface area (Å²) in [5, 5.41) is 12.3. The Morgan fingerprint density at radius 3 is 2.81 bits per heavy atom. The van der Waals surface area contributed by atoms with Gasteiger partial charge >= 0.3 is 0 Å². The van der Waals surface area contributed by atoms with Crippen LogP contribution in [0.1, 0.15) is 45.1 Å². The van der Waals surface area contributed by atoms with Gasteiger partial charge in [-0.05, 0) is 53.8 Å². The number of nitrogen functional groups attached to an aromatic ring is 2. The molecule has 1 aromatic carbocycles. The Kier molecular flexibility index (Phi) is 3.77. The molecule has 3 rings (SSSR count). The highest BCUT2D eigenvalue weighted by atomic mass is 15.5. The number of hydrogen-bond donors (Lipinski definition) is 2. The second-order valence-electron chi connectivity index (χ2n) is 6.06. The third-order valence-electron chi connectivity index (χ3n) is 4.38. The molecule has 1 heterocycles. The molecule has 0 spiro atoms. The Bertz CT molecular complexity index is 620. The van der Waals surface area contributed by atoms with E-state index in [1.165, 1.54) is 19.3 Å². The summed E-state index contributed by atoms with van der Waals surface area (Å²) in [6, 6.07) is 5.84. The third-order valence-corrected chi connectivity index (χ3v) is 4.38. The predicted octanol–water partition coefficient (Wildman–Crippen LogP) is 2.65. The molecule has 1 aliphatic carbocycles. The van der Waals surface area contributed by atoms with Crippen molar-refractivity contribution in [2.24, 2.45) is 5.92 Å². The lowest BCUT2D eigenvalue weighted by Crippen LogP contribution is -2.12. The van der Waals surface area contributed by atoms with Gasteiger partial charge in [-0.25, -0.2) is 4.68 Å². The molecule has 0 bridgehead atoms. The number of benzene rings is 1. The summed E-state index contributed by atoms with van der Waals surface area (Å²) in [6.45, 7) is 2.32. The zero-order valence-corrected chi connectivity index (χ0v) is 12.4. The summed E-state index contributed by atoms with van der Waals surface area (Å²) in [5.74, 6) is 1.53. The molecule has 2 atom stereocenters. The zero-order chi connectivity index (χ0) is 14.8. The van der Waals surface area contributed by atoms with Crippen molar-refractivity contribution in [3.05, 3.63) is 18.2 Å². The quantitative estimate of drug-likeness (QED) is 0.653. The molecule has 0 amide bonds. The zero-order valence-electron chi connectivity index (χ0n) is 12.4. The Morgan fingerprint density at radius 2 is 2.00 bits per heavy atom. The number of hydrogen-bond acceptors (Lipinski definition) is 5. The van der Waals surface area contributed by atoms with Crippen molar-refractivity contribution >= 4 is 11.4 Å². The van der Waals surface area contributed by atoms with Crippen LogP contribution in [0.4, 0.5) is 11.4 Å². The molecule has 0 radical (unpaired) electrons. The van der Waals surface area contributed by atoms with Crippen molar-refractivity contribution in [2.75, 3.05) is 11.5 Å². The molecule has 4 N–H and O–H groups in total. The van der Waals surface area contributed by atoms with E-state index in [4.69, 9.17) is 11.5 Å². The Hall–Kier alpha value is -2.11. The molecule has 1 aliphatic rings. The second kappa shape index (κ2) is 5.71. The average molecular weight is 286 g/mol. The van der Waals surface area contributed by atoms with Gasteiger partial charge in [-0.2, -0.15) is 0 Å². The van der Waals surface area contributed by atoms with E-state index >= 15 is 0 Å². The fourth-order valence-electron chi connectivity index (χ4n) is 3.11. The van der Waals surface area contributed by atoms with Crippen LogP contribution in [0.15, 0.2) is 18.2 Å². The van der Waals surface area contributed by atoms with Crippen LogP contribution in [0.5, 0.6) is 0 Å². The van der Waals surface area contributed by atoms with E-state index in [1.807, 2.05) is 16.8 Å². The first kappa shape index (κ1) is 13.9. The Labute approximate surface area is 124 Å². The highest BCUT2D eigenvalue weighted by Gasteiger charge is 2.22. The van der Waals surface area contributed by atoms with E-state index in [9.17, 15) is 0 Å². The first-order valence-electron chi connectivity index (χ1n) is 7.58. The van der Waals surface area contributed by atoms with Gasteiger partial charge in [0.15, 0.2) is 5.82 Å². The number of nitrogens with two attached hydrogens (primary N) is 2. The summed E-state index contributed by atoms with van der Waals surface area (Å²) >= 11 is 0. The largest absolute Gasteiger partial charge is 0.399 e. The van der Waals surface area contributed by atoms with Gasteiger partial charge in [-0.3, -0.25) is 0 Å². The summed E-state index contributed by atoms with van der Waals surface area (Å²) in [6.07, 6.45) is 5.98. The van der Waals surface area contributed by atoms with Gasteiger partial charge in [-0.15, -0.1) is 5.10 Å². The van der Waals surface area contributed by atoms with Crippen LogP contribution in [-0.2, 0) is 0 Å². The lowest BCUT2D eigenvalue weighted by Gasteiger charge is -2.16. The predicted molar refractivity (Wildman–Crippen MR) is 83.4 cm³/mol. The van der Waals surface area contributed by atoms with E-state index in [2.05, 4.69) is 22.4 Å². The van der Waals surface area contributed by atoms with Crippen LogP contribution in [0.25, 0.3) is 11.4 Å². The number of aromatic nitrogens is 4. The molecule has 6 heteroatoms. The highest BCUT2D eigenvalue weighted by molar-refractivity contribution is 5.74. The molecule has 0 aliphatic heterocycles. The maximum absolute atomic E-state index is 6.08. The van der Waals surface area contributed by atoms with E-state index in [-0.39, 0.29) is 0 Å².